The van der Waals surface area contributed by atoms with E-state index in [9.17, 15) is 9.59 Å². The van der Waals surface area contributed by atoms with Gasteiger partial charge in [-0.3, -0.25) is 0 Å². The molecule has 5 nitrogen and oxygen atoms in total. The zero-order chi connectivity index (χ0) is 18.2. The molecule has 0 saturated heterocycles. The highest BCUT2D eigenvalue weighted by Crippen LogP contribution is 2.22. The van der Waals surface area contributed by atoms with Crippen molar-refractivity contribution in [3.63, 3.8) is 0 Å². The molecule has 0 saturated carbocycles. The molecule has 1 atom stereocenters. The first kappa shape index (κ1) is 18.3. The zero-order valence-electron chi connectivity index (χ0n) is 14.3. The van der Waals surface area contributed by atoms with Crippen molar-refractivity contribution in [1.29, 1.82) is 0 Å². The summed E-state index contributed by atoms with van der Waals surface area (Å²) < 4.78 is 9.94. The highest BCUT2D eigenvalue weighted by molar-refractivity contribution is 5.90. The number of aryl methyl sites for hydroxylation is 1. The van der Waals surface area contributed by atoms with Crippen LogP contribution >= 0.6 is 0 Å². The fourth-order valence-corrected chi connectivity index (χ4v) is 2.26. The number of benzene rings is 2. The summed E-state index contributed by atoms with van der Waals surface area (Å²) in [6.07, 6.45) is -0.639. The average Bonchev–Trinajstić information content (AvgIpc) is 2.65. The van der Waals surface area contributed by atoms with Crippen LogP contribution in [0.4, 0.5) is 4.79 Å². The molecule has 1 unspecified atom stereocenters. The van der Waals surface area contributed by atoms with Gasteiger partial charge in [-0.1, -0.05) is 66.7 Å². The smallest absolute Gasteiger partial charge is 0.408 e. The molecule has 0 aliphatic rings. The van der Waals surface area contributed by atoms with Crippen molar-refractivity contribution in [1.82, 2.24) is 5.32 Å². The van der Waals surface area contributed by atoms with Crippen LogP contribution in [0.25, 0.3) is 0 Å². The lowest BCUT2D eigenvalue weighted by Gasteiger charge is -2.20. The molecule has 0 aliphatic heterocycles. The molecule has 5 heteroatoms. The number of nitrogens with one attached hydrogen (secondary N) is 1. The van der Waals surface area contributed by atoms with Gasteiger partial charge in [0.2, 0.25) is 0 Å². The van der Waals surface area contributed by atoms with Gasteiger partial charge in [0.1, 0.15) is 6.61 Å². The van der Waals surface area contributed by atoms with Crippen LogP contribution in [0, 0.1) is 6.92 Å². The molecular weight excluding hydrogens is 318 g/mol. The van der Waals surface area contributed by atoms with Crippen molar-refractivity contribution in [2.24, 2.45) is 0 Å². The summed E-state index contributed by atoms with van der Waals surface area (Å²) in [5.41, 5.74) is 2.79. The minimum Gasteiger partial charge on any atom is -0.466 e. The predicted molar refractivity (Wildman–Crippen MR) is 94.8 cm³/mol. The lowest BCUT2D eigenvalue weighted by atomic mass is 9.99. The summed E-state index contributed by atoms with van der Waals surface area (Å²) in [5, 5.41) is 2.68. The molecule has 0 fully saturated rings. The van der Waals surface area contributed by atoms with E-state index in [1.165, 1.54) is 7.11 Å². The fraction of sp³-hybridized carbons (Fsp3) is 0.200. The topological polar surface area (TPSA) is 64.6 Å². The second-order valence-electron chi connectivity index (χ2n) is 5.57. The van der Waals surface area contributed by atoms with Crippen LogP contribution in [0.5, 0.6) is 0 Å². The van der Waals surface area contributed by atoms with Gasteiger partial charge in [-0.15, -0.1) is 0 Å². The molecule has 1 amide bonds. The number of carbonyl (C=O) groups excluding carboxylic acids is 2. The van der Waals surface area contributed by atoms with Gasteiger partial charge in [-0.2, -0.15) is 0 Å². The van der Waals surface area contributed by atoms with E-state index in [0.29, 0.717) is 0 Å². The fourth-order valence-electron chi connectivity index (χ4n) is 2.26. The third-order valence-corrected chi connectivity index (χ3v) is 3.68. The molecule has 2 rings (SSSR count). The van der Waals surface area contributed by atoms with E-state index < -0.39 is 18.1 Å². The van der Waals surface area contributed by atoms with E-state index in [1.807, 2.05) is 61.5 Å². The van der Waals surface area contributed by atoms with Crippen LogP contribution in [0.15, 0.2) is 66.7 Å². The first-order valence-corrected chi connectivity index (χ1v) is 7.82. The van der Waals surface area contributed by atoms with Gasteiger partial charge >= 0.3 is 12.1 Å². The molecule has 2 aromatic rings. The summed E-state index contributed by atoms with van der Waals surface area (Å²) in [7, 11) is 1.27. The van der Waals surface area contributed by atoms with Gasteiger partial charge < -0.3 is 14.8 Å². The van der Waals surface area contributed by atoms with Gasteiger partial charge in [-0.05, 0) is 18.1 Å². The minimum absolute atomic E-state index is 0.128. The molecule has 0 spiro atoms. The monoisotopic (exact) mass is 339 g/mol. The highest BCUT2D eigenvalue weighted by atomic mass is 16.5. The molecule has 2 aromatic carbocycles. The highest BCUT2D eigenvalue weighted by Gasteiger charge is 2.24. The van der Waals surface area contributed by atoms with Crippen molar-refractivity contribution in [2.75, 3.05) is 7.11 Å². The first-order valence-electron chi connectivity index (χ1n) is 7.82. The maximum Gasteiger partial charge on any atom is 0.408 e. The van der Waals surface area contributed by atoms with Crippen LogP contribution in [0.3, 0.4) is 0 Å². The van der Waals surface area contributed by atoms with Crippen molar-refractivity contribution >= 4 is 12.1 Å². The normalized spacial score (nSPS) is 11.3. The van der Waals surface area contributed by atoms with E-state index in [-0.39, 0.29) is 12.2 Å². The van der Waals surface area contributed by atoms with Crippen LogP contribution < -0.4 is 5.32 Å². The third-order valence-electron chi connectivity index (χ3n) is 3.68. The largest absolute Gasteiger partial charge is 0.466 e. The van der Waals surface area contributed by atoms with Gasteiger partial charge in [-0.25, -0.2) is 9.59 Å². The average molecular weight is 339 g/mol. The Bertz CT molecular complexity index is 738. The molecule has 0 aromatic heterocycles. The number of rotatable bonds is 6. The maximum atomic E-state index is 12.2. The summed E-state index contributed by atoms with van der Waals surface area (Å²) >= 11 is 0. The van der Waals surface area contributed by atoms with Crippen molar-refractivity contribution in [2.45, 2.75) is 19.6 Å². The second kappa shape index (κ2) is 8.68. The Labute approximate surface area is 147 Å². The summed E-state index contributed by atoms with van der Waals surface area (Å²) in [4.78, 5) is 24.0. The van der Waals surface area contributed by atoms with Crippen molar-refractivity contribution in [3.05, 3.63) is 83.4 Å². The SMILES string of the molecule is C=C(C(=O)OC)C(NC(=O)OCc1ccccc1)c1ccc(C)cc1. The zero-order valence-corrected chi connectivity index (χ0v) is 14.3. The number of carbonyl (C=O) groups is 2. The Morgan fingerprint density at radius 3 is 2.32 bits per heavy atom. The molecule has 130 valence electrons. The lowest BCUT2D eigenvalue weighted by molar-refractivity contribution is -0.136. The molecule has 0 aliphatic carbocycles. The predicted octanol–water partition coefficient (Wildman–Crippen LogP) is 3.69. The van der Waals surface area contributed by atoms with E-state index in [4.69, 9.17) is 9.47 Å². The third kappa shape index (κ3) is 5.21. The lowest BCUT2D eigenvalue weighted by Crippen LogP contribution is -2.32. The van der Waals surface area contributed by atoms with Crippen LogP contribution in [0.1, 0.15) is 22.7 Å². The van der Waals surface area contributed by atoms with Crippen LogP contribution in [0.2, 0.25) is 0 Å². The Morgan fingerprint density at radius 2 is 1.72 bits per heavy atom. The van der Waals surface area contributed by atoms with Gasteiger partial charge in [0.15, 0.2) is 0 Å². The molecule has 25 heavy (non-hydrogen) atoms. The summed E-state index contributed by atoms with van der Waals surface area (Å²) in [6, 6.07) is 16.0. The summed E-state index contributed by atoms with van der Waals surface area (Å²) in [5.74, 6) is -0.589. The van der Waals surface area contributed by atoms with Crippen LogP contribution in [-0.4, -0.2) is 19.2 Å². The first-order chi connectivity index (χ1) is 12.0. The molecular formula is C20H21NO4. The molecule has 0 bridgehead atoms. The minimum atomic E-state index is -0.726. The number of hydrogen-bond acceptors (Lipinski definition) is 4. The van der Waals surface area contributed by atoms with Crippen molar-refractivity contribution in [3.8, 4) is 0 Å². The molecule has 1 N–H and O–H groups in total. The molecule has 0 heterocycles. The maximum absolute atomic E-state index is 12.2. The number of amides is 1. The Balaban J connectivity index is 2.09. The summed E-state index contributed by atoms with van der Waals surface area (Å²) in [6.45, 7) is 5.84. The Kier molecular flexibility index (Phi) is 6.34. The van der Waals surface area contributed by atoms with E-state index in [1.54, 1.807) is 0 Å². The number of hydrogen-bond donors (Lipinski definition) is 1. The standard InChI is InChI=1S/C20H21NO4/c1-14-9-11-17(12-10-14)18(15(2)19(22)24-3)21-20(23)25-13-16-7-5-4-6-8-16/h4-12,18H,2,13H2,1,3H3,(H,21,23). The van der Waals surface area contributed by atoms with E-state index >= 15 is 0 Å². The van der Waals surface area contributed by atoms with Gasteiger partial charge in [0.25, 0.3) is 0 Å². The number of alkyl carbamates (subject to hydrolysis) is 1. The Hall–Kier alpha value is -3.08. The van der Waals surface area contributed by atoms with Gasteiger partial charge in [0, 0.05) is 0 Å². The molecule has 0 radical (unpaired) electrons. The number of esters is 1. The number of ether oxygens (including phenoxy) is 2. The second-order valence-corrected chi connectivity index (χ2v) is 5.57. The van der Waals surface area contributed by atoms with E-state index in [0.717, 1.165) is 16.7 Å². The van der Waals surface area contributed by atoms with E-state index in [2.05, 4.69) is 11.9 Å². The van der Waals surface area contributed by atoms with Crippen LogP contribution in [-0.2, 0) is 20.9 Å². The quantitative estimate of drug-likeness (QED) is 0.644. The Morgan fingerprint density at radius 1 is 1.08 bits per heavy atom. The van der Waals surface area contributed by atoms with Crippen molar-refractivity contribution < 1.29 is 19.1 Å². The van der Waals surface area contributed by atoms with Gasteiger partial charge in [0.05, 0.1) is 18.7 Å². The number of methoxy groups -OCH3 is 1.